The fraction of sp³-hybridized carbons (Fsp3) is 0.0588. The molecular weight excluding hydrogens is 387 g/mol. The van der Waals surface area contributed by atoms with E-state index < -0.39 is 11.8 Å². The van der Waals surface area contributed by atoms with E-state index in [4.69, 9.17) is 39.5 Å². The van der Waals surface area contributed by atoms with Gasteiger partial charge in [0.1, 0.15) is 5.75 Å². The quantitative estimate of drug-likeness (QED) is 0.592. The number of nitrogens with one attached hydrogen (secondary N) is 2. The number of halogens is 3. The van der Waals surface area contributed by atoms with Crippen LogP contribution in [0, 0.1) is 0 Å². The first-order valence-corrected chi connectivity index (χ1v) is 8.19. The number of carbonyl (C=O) groups is 2. The van der Waals surface area contributed by atoms with E-state index in [-0.39, 0.29) is 6.61 Å². The molecule has 0 bridgehead atoms. The van der Waals surface area contributed by atoms with Crippen molar-refractivity contribution in [3.05, 3.63) is 69.2 Å². The number of rotatable bonds is 5. The molecule has 0 saturated carbocycles. The minimum atomic E-state index is -0.540. The molecule has 2 amide bonds. The Morgan fingerprint density at radius 1 is 0.960 bits per heavy atom. The average Bonchev–Trinajstić information content (AvgIpc) is 2.60. The molecule has 0 fully saturated rings. The zero-order valence-corrected chi connectivity index (χ0v) is 15.0. The molecule has 0 atom stereocenters. The van der Waals surface area contributed by atoms with Crippen molar-refractivity contribution in [1.82, 2.24) is 10.9 Å². The zero-order valence-electron chi connectivity index (χ0n) is 12.8. The molecule has 0 saturated heterocycles. The van der Waals surface area contributed by atoms with Crippen LogP contribution in [-0.2, 0) is 9.59 Å². The molecule has 0 aliphatic rings. The molecule has 8 heteroatoms. The molecular formula is C17H13Cl3N2O3. The van der Waals surface area contributed by atoms with E-state index >= 15 is 0 Å². The Hall–Kier alpha value is -2.21. The number of para-hydroxylation sites is 1. The summed E-state index contributed by atoms with van der Waals surface area (Å²) in [6.45, 7) is -0.298. The van der Waals surface area contributed by atoms with E-state index in [2.05, 4.69) is 10.9 Å². The van der Waals surface area contributed by atoms with Gasteiger partial charge >= 0.3 is 0 Å². The first-order chi connectivity index (χ1) is 12.0. The molecule has 0 radical (unpaired) electrons. The van der Waals surface area contributed by atoms with Crippen LogP contribution in [0.2, 0.25) is 15.1 Å². The molecule has 5 nitrogen and oxygen atoms in total. The Balaban J connectivity index is 1.79. The predicted octanol–water partition coefficient (Wildman–Crippen LogP) is 3.89. The summed E-state index contributed by atoms with van der Waals surface area (Å²) >= 11 is 17.8. The molecule has 0 heterocycles. The van der Waals surface area contributed by atoms with E-state index in [1.54, 1.807) is 42.5 Å². The number of hydrazine groups is 1. The molecule has 2 N–H and O–H groups in total. The average molecular weight is 400 g/mol. The van der Waals surface area contributed by atoms with Gasteiger partial charge in [0, 0.05) is 6.08 Å². The van der Waals surface area contributed by atoms with Crippen molar-refractivity contribution in [2.24, 2.45) is 0 Å². The highest BCUT2D eigenvalue weighted by atomic mass is 35.5. The number of amides is 2. The molecule has 2 aromatic rings. The second kappa shape index (κ2) is 9.32. The van der Waals surface area contributed by atoms with E-state index in [9.17, 15) is 9.59 Å². The molecule has 2 aromatic carbocycles. The monoisotopic (exact) mass is 398 g/mol. The van der Waals surface area contributed by atoms with Crippen LogP contribution in [0.4, 0.5) is 0 Å². The number of ether oxygens (including phenoxy) is 1. The van der Waals surface area contributed by atoms with Gasteiger partial charge in [0.15, 0.2) is 6.61 Å². The second-order valence-electron chi connectivity index (χ2n) is 4.73. The van der Waals surface area contributed by atoms with Gasteiger partial charge in [-0.3, -0.25) is 20.4 Å². The van der Waals surface area contributed by atoms with Gasteiger partial charge in [-0.1, -0.05) is 59.1 Å². The first kappa shape index (κ1) is 19.1. The van der Waals surface area contributed by atoms with Crippen LogP contribution in [0.25, 0.3) is 6.08 Å². The number of benzene rings is 2. The molecule has 130 valence electrons. The number of hydrogen-bond donors (Lipinski definition) is 2. The van der Waals surface area contributed by atoms with Gasteiger partial charge in [-0.05, 0) is 29.8 Å². The van der Waals surface area contributed by atoms with Gasteiger partial charge < -0.3 is 4.74 Å². The van der Waals surface area contributed by atoms with E-state index in [1.165, 1.54) is 12.2 Å². The van der Waals surface area contributed by atoms with Crippen molar-refractivity contribution < 1.29 is 14.3 Å². The lowest BCUT2D eigenvalue weighted by molar-refractivity contribution is -0.128. The van der Waals surface area contributed by atoms with Gasteiger partial charge in [-0.15, -0.1) is 0 Å². The Morgan fingerprint density at radius 2 is 1.68 bits per heavy atom. The second-order valence-corrected chi connectivity index (χ2v) is 5.93. The topological polar surface area (TPSA) is 67.4 Å². The lowest BCUT2D eigenvalue weighted by atomic mass is 10.2. The van der Waals surface area contributed by atoms with Crippen LogP contribution >= 0.6 is 34.8 Å². The Kier molecular flexibility index (Phi) is 7.13. The molecule has 25 heavy (non-hydrogen) atoms. The Labute approximate surface area is 159 Å². The van der Waals surface area contributed by atoms with Crippen molar-refractivity contribution >= 4 is 52.7 Å². The Morgan fingerprint density at radius 3 is 2.44 bits per heavy atom. The standard InChI is InChI=1S/C17H13Cl3N2O3/c18-12-5-1-2-7-14(12)25-10-16(24)22-21-15(23)9-8-11-4-3-6-13(19)17(11)20/h1-9H,10H2,(H,21,23)(H,22,24)/b9-8+. The summed E-state index contributed by atoms with van der Waals surface area (Å²) in [6.07, 6.45) is 2.70. The highest BCUT2D eigenvalue weighted by Gasteiger charge is 2.06. The van der Waals surface area contributed by atoms with Crippen molar-refractivity contribution in [3.63, 3.8) is 0 Å². The van der Waals surface area contributed by atoms with Gasteiger partial charge in [0.05, 0.1) is 15.1 Å². The fourth-order valence-electron chi connectivity index (χ4n) is 1.73. The minimum absolute atomic E-state index is 0.298. The van der Waals surface area contributed by atoms with Crippen molar-refractivity contribution in [2.75, 3.05) is 6.61 Å². The summed E-state index contributed by atoms with van der Waals surface area (Å²) in [5.41, 5.74) is 5.02. The maximum atomic E-state index is 11.7. The van der Waals surface area contributed by atoms with E-state index in [0.29, 0.717) is 26.4 Å². The molecule has 2 rings (SSSR count). The first-order valence-electron chi connectivity index (χ1n) is 7.05. The lowest BCUT2D eigenvalue weighted by Crippen LogP contribution is -2.43. The molecule has 0 aliphatic heterocycles. The van der Waals surface area contributed by atoms with E-state index in [1.807, 2.05) is 0 Å². The van der Waals surface area contributed by atoms with Crippen LogP contribution in [-0.4, -0.2) is 18.4 Å². The van der Waals surface area contributed by atoms with Crippen LogP contribution in [0.15, 0.2) is 48.5 Å². The molecule has 0 unspecified atom stereocenters. The van der Waals surface area contributed by atoms with Gasteiger partial charge in [0.2, 0.25) is 0 Å². The summed E-state index contributed by atoms with van der Waals surface area (Å²) in [5, 5.41) is 1.11. The normalized spacial score (nSPS) is 10.5. The largest absolute Gasteiger partial charge is 0.482 e. The van der Waals surface area contributed by atoms with Crippen molar-refractivity contribution in [1.29, 1.82) is 0 Å². The zero-order chi connectivity index (χ0) is 18.2. The van der Waals surface area contributed by atoms with Crippen molar-refractivity contribution in [2.45, 2.75) is 0 Å². The van der Waals surface area contributed by atoms with Crippen LogP contribution in [0.1, 0.15) is 5.56 Å². The third-order valence-corrected chi connectivity index (χ3v) is 4.06. The molecule has 0 aliphatic carbocycles. The molecule has 0 spiro atoms. The summed E-state index contributed by atoms with van der Waals surface area (Å²) in [4.78, 5) is 23.3. The minimum Gasteiger partial charge on any atom is -0.482 e. The molecule has 0 aromatic heterocycles. The Bertz CT molecular complexity index is 809. The highest BCUT2D eigenvalue weighted by molar-refractivity contribution is 6.42. The smallest absolute Gasteiger partial charge is 0.276 e. The summed E-state index contributed by atoms with van der Waals surface area (Å²) in [6, 6.07) is 11.8. The SMILES string of the molecule is O=C(/C=C/c1cccc(Cl)c1Cl)NNC(=O)COc1ccccc1Cl. The number of carbonyl (C=O) groups excluding carboxylic acids is 2. The number of hydrogen-bond acceptors (Lipinski definition) is 3. The lowest BCUT2D eigenvalue weighted by Gasteiger charge is -2.08. The van der Waals surface area contributed by atoms with Gasteiger partial charge in [-0.2, -0.15) is 0 Å². The third kappa shape index (κ3) is 5.98. The van der Waals surface area contributed by atoms with E-state index in [0.717, 1.165) is 0 Å². The maximum Gasteiger partial charge on any atom is 0.276 e. The summed E-state index contributed by atoms with van der Waals surface area (Å²) < 4.78 is 5.24. The maximum absolute atomic E-state index is 11.7. The van der Waals surface area contributed by atoms with Crippen LogP contribution in [0.3, 0.4) is 0 Å². The van der Waals surface area contributed by atoms with Gasteiger partial charge in [0.25, 0.3) is 11.8 Å². The third-order valence-electron chi connectivity index (χ3n) is 2.92. The predicted molar refractivity (Wildman–Crippen MR) is 98.7 cm³/mol. The summed E-state index contributed by atoms with van der Waals surface area (Å²) in [5.74, 6) is -0.703. The van der Waals surface area contributed by atoms with Crippen LogP contribution < -0.4 is 15.6 Å². The highest BCUT2D eigenvalue weighted by Crippen LogP contribution is 2.26. The fourth-order valence-corrected chi connectivity index (χ4v) is 2.29. The van der Waals surface area contributed by atoms with Crippen LogP contribution in [0.5, 0.6) is 5.75 Å². The van der Waals surface area contributed by atoms with Crippen molar-refractivity contribution in [3.8, 4) is 5.75 Å². The summed E-state index contributed by atoms with van der Waals surface area (Å²) in [7, 11) is 0. The van der Waals surface area contributed by atoms with Gasteiger partial charge in [-0.25, -0.2) is 0 Å².